The molecule has 0 saturated heterocycles. The first-order valence-corrected chi connectivity index (χ1v) is 8.90. The summed E-state index contributed by atoms with van der Waals surface area (Å²) < 4.78 is 1.03. The third kappa shape index (κ3) is 3.84. The van der Waals surface area contributed by atoms with Crippen molar-refractivity contribution < 1.29 is 0 Å². The molecule has 1 N–H and O–H groups in total. The monoisotopic (exact) mass is 413 g/mol. The Hall–Kier alpha value is -1.01. The Morgan fingerprint density at radius 3 is 2.59 bits per heavy atom. The molecule has 1 heterocycles. The molecule has 2 aromatic carbocycles. The molecule has 0 amide bonds. The van der Waals surface area contributed by atoms with E-state index in [1.807, 2.05) is 36.4 Å². The van der Waals surface area contributed by atoms with Crippen molar-refractivity contribution in [3.05, 3.63) is 62.5 Å². The zero-order chi connectivity index (χ0) is 15.5. The maximum absolute atomic E-state index is 6.16. The molecule has 22 heavy (non-hydrogen) atoms. The van der Waals surface area contributed by atoms with Crippen molar-refractivity contribution in [3.63, 3.8) is 0 Å². The fraction of sp³-hybridized carbons (Fsp3) is 0.0667. The van der Waals surface area contributed by atoms with E-state index in [2.05, 4.69) is 31.1 Å². The van der Waals surface area contributed by atoms with Gasteiger partial charge in [-0.05, 0) is 29.8 Å². The van der Waals surface area contributed by atoms with Crippen LogP contribution in [0.3, 0.4) is 0 Å². The highest BCUT2D eigenvalue weighted by atomic mass is 79.9. The summed E-state index contributed by atoms with van der Waals surface area (Å²) >= 11 is 17.0. The smallest absolute Gasteiger partial charge is 0.209 e. The number of nitrogens with one attached hydrogen (secondary N) is 1. The van der Waals surface area contributed by atoms with Gasteiger partial charge in [0, 0.05) is 25.8 Å². The van der Waals surface area contributed by atoms with E-state index >= 15 is 0 Å². The third-order valence-corrected chi connectivity index (χ3v) is 4.97. The van der Waals surface area contributed by atoms with Gasteiger partial charge in [-0.2, -0.15) is 0 Å². The molecule has 0 fully saturated rings. The second-order valence-corrected chi connectivity index (χ2v) is 7.20. The number of aromatic nitrogens is 3. The van der Waals surface area contributed by atoms with Crippen molar-refractivity contribution in [1.82, 2.24) is 15.2 Å². The van der Waals surface area contributed by atoms with Crippen molar-refractivity contribution in [1.29, 1.82) is 0 Å². The number of aromatic amines is 1. The maximum atomic E-state index is 6.16. The summed E-state index contributed by atoms with van der Waals surface area (Å²) in [5, 5.41) is 9.15. The van der Waals surface area contributed by atoms with Crippen LogP contribution < -0.4 is 0 Å². The Morgan fingerprint density at radius 1 is 1.09 bits per heavy atom. The van der Waals surface area contributed by atoms with Crippen LogP contribution in [0, 0.1) is 0 Å². The number of hydrogen-bond donors (Lipinski definition) is 1. The van der Waals surface area contributed by atoms with Crippen LogP contribution in [0.1, 0.15) is 5.56 Å². The van der Waals surface area contributed by atoms with Gasteiger partial charge in [0.25, 0.3) is 0 Å². The molecule has 3 nitrogen and oxygen atoms in total. The Bertz CT molecular complexity index is 790. The summed E-state index contributed by atoms with van der Waals surface area (Å²) in [5.74, 6) is 1.44. The van der Waals surface area contributed by atoms with Gasteiger partial charge in [-0.3, -0.25) is 5.10 Å². The fourth-order valence-corrected chi connectivity index (χ4v) is 3.45. The van der Waals surface area contributed by atoms with Gasteiger partial charge in [0.2, 0.25) is 5.16 Å². The van der Waals surface area contributed by atoms with E-state index in [0.29, 0.717) is 21.0 Å². The lowest BCUT2D eigenvalue weighted by molar-refractivity contribution is 0.973. The molecule has 3 aromatic rings. The predicted octanol–water partition coefficient (Wildman–Crippen LogP) is 5.83. The summed E-state index contributed by atoms with van der Waals surface area (Å²) in [5.41, 5.74) is 2.00. The topological polar surface area (TPSA) is 41.6 Å². The molecule has 0 aliphatic heterocycles. The molecule has 0 unspecified atom stereocenters. The first-order chi connectivity index (χ1) is 10.6. The summed E-state index contributed by atoms with van der Waals surface area (Å²) in [7, 11) is 0. The number of nitrogens with zero attached hydrogens (tertiary/aromatic N) is 2. The highest BCUT2D eigenvalue weighted by Gasteiger charge is 2.08. The van der Waals surface area contributed by atoms with E-state index in [9.17, 15) is 0 Å². The number of thioether (sulfide) groups is 1. The number of H-pyrrole nitrogens is 1. The summed E-state index contributed by atoms with van der Waals surface area (Å²) in [4.78, 5) is 4.48. The van der Waals surface area contributed by atoms with E-state index in [-0.39, 0.29) is 0 Å². The summed E-state index contributed by atoms with van der Waals surface area (Å²) in [6.07, 6.45) is 0. The Kier molecular flexibility index (Phi) is 5.08. The molecular weight excluding hydrogens is 405 g/mol. The first kappa shape index (κ1) is 15.9. The lowest BCUT2D eigenvalue weighted by Gasteiger charge is -2.02. The predicted molar refractivity (Wildman–Crippen MR) is 95.5 cm³/mol. The molecule has 0 aliphatic carbocycles. The average Bonchev–Trinajstić information content (AvgIpc) is 2.96. The van der Waals surface area contributed by atoms with Crippen LogP contribution in [0.4, 0.5) is 0 Å². The Labute approximate surface area is 150 Å². The largest absolute Gasteiger partial charge is 0.258 e. The van der Waals surface area contributed by atoms with Crippen LogP contribution in [-0.2, 0) is 5.75 Å². The molecule has 0 bridgehead atoms. The van der Waals surface area contributed by atoms with Crippen LogP contribution in [0.2, 0.25) is 10.0 Å². The second-order valence-electron chi connectivity index (χ2n) is 4.50. The van der Waals surface area contributed by atoms with Gasteiger partial charge < -0.3 is 0 Å². The van der Waals surface area contributed by atoms with Gasteiger partial charge in [-0.25, -0.2) is 4.98 Å². The third-order valence-electron chi connectivity index (χ3n) is 2.95. The van der Waals surface area contributed by atoms with Crippen LogP contribution in [-0.4, -0.2) is 15.2 Å². The van der Waals surface area contributed by atoms with Crippen molar-refractivity contribution in [2.75, 3.05) is 0 Å². The molecular formula is C15H10BrCl2N3S. The van der Waals surface area contributed by atoms with E-state index in [4.69, 9.17) is 23.2 Å². The Morgan fingerprint density at radius 2 is 1.86 bits per heavy atom. The van der Waals surface area contributed by atoms with Crippen LogP contribution >= 0.6 is 50.9 Å². The van der Waals surface area contributed by atoms with Gasteiger partial charge >= 0.3 is 0 Å². The minimum atomic E-state index is 0.633. The SMILES string of the molecule is Clc1ccc(CSc2n[nH]c(-c3ccc(Br)cc3)n2)c(Cl)c1. The zero-order valence-electron chi connectivity index (χ0n) is 11.2. The highest BCUT2D eigenvalue weighted by molar-refractivity contribution is 9.10. The van der Waals surface area contributed by atoms with Crippen molar-refractivity contribution in [3.8, 4) is 11.4 Å². The van der Waals surface area contributed by atoms with Gasteiger partial charge in [-0.1, -0.05) is 69.1 Å². The van der Waals surface area contributed by atoms with Crippen LogP contribution in [0.5, 0.6) is 0 Å². The fourth-order valence-electron chi connectivity index (χ4n) is 1.83. The van der Waals surface area contributed by atoms with E-state index in [1.54, 1.807) is 6.07 Å². The minimum absolute atomic E-state index is 0.633. The molecule has 7 heteroatoms. The molecule has 1 aromatic heterocycles. The normalized spacial score (nSPS) is 10.9. The van der Waals surface area contributed by atoms with Gasteiger partial charge in [-0.15, -0.1) is 5.10 Å². The van der Waals surface area contributed by atoms with E-state index < -0.39 is 0 Å². The summed E-state index contributed by atoms with van der Waals surface area (Å²) in [6, 6.07) is 13.4. The molecule has 0 spiro atoms. The molecule has 0 atom stereocenters. The number of rotatable bonds is 4. The molecule has 0 radical (unpaired) electrons. The van der Waals surface area contributed by atoms with Gasteiger partial charge in [0.15, 0.2) is 5.82 Å². The van der Waals surface area contributed by atoms with E-state index in [1.165, 1.54) is 11.8 Å². The van der Waals surface area contributed by atoms with E-state index in [0.717, 1.165) is 21.4 Å². The van der Waals surface area contributed by atoms with Crippen LogP contribution in [0.15, 0.2) is 52.1 Å². The lowest BCUT2D eigenvalue weighted by atomic mass is 10.2. The molecule has 3 rings (SSSR count). The molecule has 0 saturated carbocycles. The molecule has 0 aliphatic rings. The zero-order valence-corrected chi connectivity index (χ0v) is 15.1. The maximum Gasteiger partial charge on any atom is 0.209 e. The minimum Gasteiger partial charge on any atom is -0.258 e. The standard InChI is InChI=1S/C15H10BrCl2N3S/c16-11-4-1-9(2-5-11)14-19-15(21-20-14)22-8-10-3-6-12(17)7-13(10)18/h1-7H,8H2,(H,19,20,21). The quantitative estimate of drug-likeness (QED) is 0.545. The lowest BCUT2D eigenvalue weighted by Crippen LogP contribution is -1.84. The Balaban J connectivity index is 1.70. The van der Waals surface area contributed by atoms with Gasteiger partial charge in [0.05, 0.1) is 0 Å². The number of halogens is 3. The van der Waals surface area contributed by atoms with Crippen molar-refractivity contribution in [2.45, 2.75) is 10.9 Å². The second kappa shape index (κ2) is 7.04. The van der Waals surface area contributed by atoms with Crippen molar-refractivity contribution >= 4 is 50.9 Å². The van der Waals surface area contributed by atoms with Crippen molar-refractivity contribution in [2.24, 2.45) is 0 Å². The number of hydrogen-bond acceptors (Lipinski definition) is 3. The highest BCUT2D eigenvalue weighted by Crippen LogP contribution is 2.28. The molecule has 112 valence electrons. The number of benzene rings is 2. The average molecular weight is 415 g/mol. The summed E-state index contributed by atoms with van der Waals surface area (Å²) in [6.45, 7) is 0. The van der Waals surface area contributed by atoms with Crippen LogP contribution in [0.25, 0.3) is 11.4 Å². The first-order valence-electron chi connectivity index (χ1n) is 6.37. The van der Waals surface area contributed by atoms with Gasteiger partial charge in [0.1, 0.15) is 0 Å².